The second-order valence-electron chi connectivity index (χ2n) is 12.1. The van der Waals surface area contributed by atoms with Crippen molar-refractivity contribution in [2.75, 3.05) is 0 Å². The lowest BCUT2D eigenvalue weighted by molar-refractivity contribution is 0.479. The van der Waals surface area contributed by atoms with Gasteiger partial charge in [0, 0.05) is 32.9 Å². The van der Waals surface area contributed by atoms with Gasteiger partial charge in [0.05, 0.1) is 11.0 Å². The fraction of sp³-hybridized carbons (Fsp3) is 0. The molecule has 2 aliphatic rings. The molecular weight excluding hydrogens is 561 g/mol. The maximum absolute atomic E-state index is 6.83. The van der Waals surface area contributed by atoms with Crippen LogP contribution in [-0.4, -0.2) is 11.5 Å². The number of hydrogen-bond donors (Lipinski definition) is 0. The van der Waals surface area contributed by atoms with Crippen molar-refractivity contribution < 1.29 is 9.39 Å². The molecule has 214 valence electrons. The molecule has 7 aromatic carbocycles. The van der Waals surface area contributed by atoms with E-state index in [9.17, 15) is 0 Å². The Morgan fingerprint density at radius 1 is 0.435 bits per heavy atom. The van der Waals surface area contributed by atoms with E-state index in [2.05, 4.69) is 156 Å². The number of fused-ring (bicyclic) bond motifs is 7. The first kappa shape index (κ1) is 25.3. The van der Waals surface area contributed by atoms with Crippen LogP contribution < -0.4 is 20.3 Å². The third kappa shape index (κ3) is 3.74. The minimum Gasteiger partial charge on any atom is -0.551 e. The van der Waals surface area contributed by atoms with E-state index in [0.717, 1.165) is 56.1 Å². The molecule has 46 heavy (non-hydrogen) atoms. The van der Waals surface area contributed by atoms with E-state index in [1.807, 2.05) is 6.07 Å². The van der Waals surface area contributed by atoms with Crippen LogP contribution in [0.4, 0.5) is 0 Å². The highest BCUT2D eigenvalue weighted by molar-refractivity contribution is 6.84. The molecule has 1 aromatic heterocycles. The number of aromatic nitrogens is 1. The van der Waals surface area contributed by atoms with Crippen molar-refractivity contribution in [1.29, 1.82) is 0 Å². The normalized spacial score (nSPS) is 12.7. The lowest BCUT2D eigenvalue weighted by Gasteiger charge is -2.33. The number of rotatable bonds is 3. The average Bonchev–Trinajstić information content (AvgIpc) is 3.46. The van der Waals surface area contributed by atoms with Gasteiger partial charge in [0.2, 0.25) is 0 Å². The molecule has 3 nitrogen and oxygen atoms in total. The van der Waals surface area contributed by atoms with Gasteiger partial charge < -0.3 is 14.0 Å². The molecule has 0 aliphatic carbocycles. The monoisotopic (exact) mass is 587 g/mol. The van der Waals surface area contributed by atoms with Crippen LogP contribution in [0.3, 0.4) is 0 Å². The zero-order chi connectivity index (χ0) is 30.2. The van der Waals surface area contributed by atoms with Crippen molar-refractivity contribution >= 4 is 39.6 Å². The Balaban J connectivity index is 1.13. The number of ether oxygens (including phenoxy) is 1. The van der Waals surface area contributed by atoms with Gasteiger partial charge >= 0.3 is 6.92 Å². The van der Waals surface area contributed by atoms with Crippen LogP contribution in [0.2, 0.25) is 0 Å². The van der Waals surface area contributed by atoms with E-state index in [0.29, 0.717) is 0 Å². The first-order valence-electron chi connectivity index (χ1n) is 15.7. The van der Waals surface area contributed by atoms with Gasteiger partial charge in [-0.1, -0.05) is 109 Å². The van der Waals surface area contributed by atoms with Crippen LogP contribution in [0.1, 0.15) is 0 Å². The predicted octanol–water partition coefficient (Wildman–Crippen LogP) is 9.39. The van der Waals surface area contributed by atoms with Gasteiger partial charge in [-0.15, -0.1) is 0 Å². The summed E-state index contributed by atoms with van der Waals surface area (Å²) in [4.78, 5) is 0. The van der Waals surface area contributed by atoms with E-state index in [1.165, 1.54) is 32.9 Å². The molecule has 2 aliphatic heterocycles. The van der Waals surface area contributed by atoms with Gasteiger partial charge in [0.1, 0.15) is 17.2 Å². The molecule has 10 rings (SSSR count). The first-order chi connectivity index (χ1) is 22.8. The summed E-state index contributed by atoms with van der Waals surface area (Å²) < 4.78 is 15.9. The molecule has 0 amide bonds. The van der Waals surface area contributed by atoms with Gasteiger partial charge in [-0.05, 0) is 76.3 Å². The summed E-state index contributed by atoms with van der Waals surface area (Å²) >= 11 is 0. The molecule has 0 spiro atoms. The summed E-state index contributed by atoms with van der Waals surface area (Å²) in [6, 6.07) is 55.8. The van der Waals surface area contributed by atoms with E-state index in [4.69, 9.17) is 9.39 Å². The van der Waals surface area contributed by atoms with Gasteiger partial charge in [-0.3, -0.25) is 0 Å². The van der Waals surface area contributed by atoms with Gasteiger partial charge in [-0.25, -0.2) is 0 Å². The molecule has 0 atom stereocenters. The quantitative estimate of drug-likeness (QED) is 0.192. The Labute approximate surface area is 267 Å². The highest BCUT2D eigenvalue weighted by atomic mass is 16.5. The summed E-state index contributed by atoms with van der Waals surface area (Å²) in [7, 11) is 0. The second-order valence-corrected chi connectivity index (χ2v) is 12.1. The molecule has 0 radical (unpaired) electrons. The van der Waals surface area contributed by atoms with E-state index in [1.54, 1.807) is 0 Å². The summed E-state index contributed by atoms with van der Waals surface area (Å²) in [6.45, 7) is -0.286. The molecule has 0 unspecified atom stereocenters. The van der Waals surface area contributed by atoms with Crippen LogP contribution in [0.5, 0.6) is 17.2 Å². The molecule has 0 saturated carbocycles. The largest absolute Gasteiger partial charge is 0.551 e. The lowest BCUT2D eigenvalue weighted by atomic mass is 9.50. The molecule has 4 heteroatoms. The SMILES string of the molecule is c1ccc(-c2ccc(-c3cc4c5c(c3)-c3ccccc3OB5c3cc(-n5c6ccccc6c6ccccc65)ccc3O4)cc2)cc1. The van der Waals surface area contributed by atoms with E-state index >= 15 is 0 Å². The fourth-order valence-corrected chi connectivity index (χ4v) is 7.35. The minimum absolute atomic E-state index is 0.286. The summed E-state index contributed by atoms with van der Waals surface area (Å²) in [5.74, 6) is 2.55. The van der Waals surface area contributed by atoms with Crippen molar-refractivity contribution in [2.24, 2.45) is 0 Å². The number of benzene rings is 7. The van der Waals surface area contributed by atoms with Crippen molar-refractivity contribution in [1.82, 2.24) is 4.57 Å². The third-order valence-corrected chi connectivity index (χ3v) is 9.49. The Bertz CT molecular complexity index is 2430. The molecule has 3 heterocycles. The average molecular weight is 587 g/mol. The Morgan fingerprint density at radius 3 is 1.83 bits per heavy atom. The molecule has 0 saturated heterocycles. The molecule has 0 fully saturated rings. The Kier molecular flexibility index (Phi) is 5.37. The van der Waals surface area contributed by atoms with Crippen molar-refractivity contribution in [2.45, 2.75) is 0 Å². The highest BCUT2D eigenvalue weighted by Crippen LogP contribution is 2.42. The van der Waals surface area contributed by atoms with Crippen LogP contribution in [0.15, 0.2) is 158 Å². The van der Waals surface area contributed by atoms with E-state index in [-0.39, 0.29) is 6.92 Å². The standard InChI is InChI=1S/C42H26BNO2/c1-2-10-27(11-3-1)28-18-20-29(21-19-28)30-24-35-34-14-6-9-17-39(34)46-43-36-26-31(22-23-40(36)45-41(25-30)42(35)43)44-37-15-7-4-12-32(37)33-13-5-8-16-38(33)44/h1-26H. The second kappa shape index (κ2) is 9.75. The number of para-hydroxylation sites is 3. The third-order valence-electron chi connectivity index (χ3n) is 9.49. The van der Waals surface area contributed by atoms with Gasteiger partial charge in [0.15, 0.2) is 0 Å². The maximum atomic E-state index is 6.83. The number of nitrogens with zero attached hydrogens (tertiary/aromatic N) is 1. The Hall–Kier alpha value is -6.00. The smallest absolute Gasteiger partial charge is 0.434 e. The Morgan fingerprint density at radius 2 is 1.07 bits per heavy atom. The van der Waals surface area contributed by atoms with Crippen molar-refractivity contribution in [3.8, 4) is 56.3 Å². The lowest BCUT2D eigenvalue weighted by Crippen LogP contribution is -2.53. The molecular formula is C42H26BNO2. The van der Waals surface area contributed by atoms with Crippen molar-refractivity contribution in [3.63, 3.8) is 0 Å². The van der Waals surface area contributed by atoms with Crippen LogP contribution in [-0.2, 0) is 0 Å². The summed E-state index contributed by atoms with van der Waals surface area (Å²) in [5, 5.41) is 2.48. The van der Waals surface area contributed by atoms with Gasteiger partial charge in [0.25, 0.3) is 0 Å². The van der Waals surface area contributed by atoms with Crippen LogP contribution in [0, 0.1) is 0 Å². The molecule has 0 bridgehead atoms. The van der Waals surface area contributed by atoms with Gasteiger partial charge in [-0.2, -0.15) is 0 Å². The fourth-order valence-electron chi connectivity index (χ4n) is 7.35. The first-order valence-corrected chi connectivity index (χ1v) is 15.7. The van der Waals surface area contributed by atoms with Crippen LogP contribution in [0.25, 0.3) is 60.9 Å². The topological polar surface area (TPSA) is 23.4 Å². The minimum atomic E-state index is -0.286. The predicted molar refractivity (Wildman–Crippen MR) is 189 cm³/mol. The summed E-state index contributed by atoms with van der Waals surface area (Å²) in [5.41, 5.74) is 12.5. The zero-order valence-corrected chi connectivity index (χ0v) is 24.9. The molecule has 8 aromatic rings. The van der Waals surface area contributed by atoms with Crippen molar-refractivity contribution in [3.05, 3.63) is 158 Å². The molecule has 0 N–H and O–H groups in total. The highest BCUT2D eigenvalue weighted by Gasteiger charge is 2.41. The van der Waals surface area contributed by atoms with Crippen LogP contribution >= 0.6 is 0 Å². The zero-order valence-electron chi connectivity index (χ0n) is 24.9. The number of hydrogen-bond acceptors (Lipinski definition) is 2. The summed E-state index contributed by atoms with van der Waals surface area (Å²) in [6.07, 6.45) is 0. The van der Waals surface area contributed by atoms with E-state index < -0.39 is 0 Å². The maximum Gasteiger partial charge on any atom is 0.434 e.